The third kappa shape index (κ3) is 5.52. The lowest BCUT2D eigenvalue weighted by Gasteiger charge is -2.30. The van der Waals surface area contributed by atoms with Crippen molar-refractivity contribution in [2.24, 2.45) is 11.8 Å². The molecule has 0 unspecified atom stereocenters. The van der Waals surface area contributed by atoms with E-state index in [9.17, 15) is 14.4 Å². The molecule has 0 aromatic carbocycles. The molecule has 130 valence electrons. The molecule has 0 atom stereocenters. The standard InChI is InChI=1S/C17H28N2O4/c1-19(11-16(21)22)17(23)13-6-8-14(9-7-13)18-15(20)10-12-4-2-3-5-12/h12-14H,2-11H2,1H3,(H,18,20)(H,21,22). The number of carboxylic acids is 1. The summed E-state index contributed by atoms with van der Waals surface area (Å²) in [4.78, 5) is 36.2. The molecule has 2 fully saturated rings. The zero-order valence-electron chi connectivity index (χ0n) is 13.9. The molecule has 0 spiro atoms. The van der Waals surface area contributed by atoms with Gasteiger partial charge in [0.25, 0.3) is 0 Å². The largest absolute Gasteiger partial charge is 0.480 e. The zero-order chi connectivity index (χ0) is 16.8. The van der Waals surface area contributed by atoms with E-state index < -0.39 is 5.97 Å². The first-order valence-corrected chi connectivity index (χ1v) is 8.72. The average Bonchev–Trinajstić information content (AvgIpc) is 2.99. The third-order valence-electron chi connectivity index (χ3n) is 5.14. The van der Waals surface area contributed by atoms with Gasteiger partial charge >= 0.3 is 5.97 Å². The highest BCUT2D eigenvalue weighted by atomic mass is 16.4. The number of carboxylic acid groups (broad SMARTS) is 1. The van der Waals surface area contributed by atoms with Crippen molar-refractivity contribution in [2.45, 2.75) is 63.8 Å². The van der Waals surface area contributed by atoms with E-state index in [4.69, 9.17) is 5.11 Å². The molecule has 0 radical (unpaired) electrons. The summed E-state index contributed by atoms with van der Waals surface area (Å²) in [5, 5.41) is 11.9. The van der Waals surface area contributed by atoms with Crippen LogP contribution < -0.4 is 5.32 Å². The van der Waals surface area contributed by atoms with Crippen LogP contribution in [0.15, 0.2) is 0 Å². The Labute approximate surface area is 137 Å². The van der Waals surface area contributed by atoms with Crippen LogP contribution in [0.4, 0.5) is 0 Å². The van der Waals surface area contributed by atoms with Crippen molar-refractivity contribution in [2.75, 3.05) is 13.6 Å². The highest BCUT2D eigenvalue weighted by Crippen LogP contribution is 2.29. The molecule has 0 aromatic rings. The second-order valence-corrected chi connectivity index (χ2v) is 7.06. The van der Waals surface area contributed by atoms with E-state index in [0.29, 0.717) is 12.3 Å². The summed E-state index contributed by atoms with van der Waals surface area (Å²) in [5.41, 5.74) is 0. The normalized spacial score (nSPS) is 25.1. The first-order chi connectivity index (χ1) is 11.0. The monoisotopic (exact) mass is 324 g/mol. The van der Waals surface area contributed by atoms with Crippen molar-refractivity contribution >= 4 is 17.8 Å². The molecule has 6 nitrogen and oxygen atoms in total. The van der Waals surface area contributed by atoms with Gasteiger partial charge in [0.1, 0.15) is 6.54 Å². The Morgan fingerprint density at radius 3 is 2.22 bits per heavy atom. The fraction of sp³-hybridized carbons (Fsp3) is 0.824. The van der Waals surface area contributed by atoms with Gasteiger partial charge in [-0.1, -0.05) is 12.8 Å². The van der Waals surface area contributed by atoms with Crippen LogP contribution in [0.2, 0.25) is 0 Å². The van der Waals surface area contributed by atoms with Crippen molar-refractivity contribution in [1.82, 2.24) is 10.2 Å². The molecule has 0 bridgehead atoms. The van der Waals surface area contributed by atoms with Crippen molar-refractivity contribution in [1.29, 1.82) is 0 Å². The van der Waals surface area contributed by atoms with E-state index in [1.165, 1.54) is 37.6 Å². The van der Waals surface area contributed by atoms with Crippen molar-refractivity contribution in [3.63, 3.8) is 0 Å². The summed E-state index contributed by atoms with van der Waals surface area (Å²) in [6, 6.07) is 0.165. The second-order valence-electron chi connectivity index (χ2n) is 7.06. The minimum Gasteiger partial charge on any atom is -0.480 e. The molecule has 0 saturated heterocycles. The van der Waals surface area contributed by atoms with Gasteiger partial charge in [-0.2, -0.15) is 0 Å². The van der Waals surface area contributed by atoms with Gasteiger partial charge in [-0.05, 0) is 44.4 Å². The van der Waals surface area contributed by atoms with E-state index in [1.54, 1.807) is 0 Å². The maximum absolute atomic E-state index is 12.2. The van der Waals surface area contributed by atoms with Crippen LogP contribution in [-0.4, -0.2) is 47.4 Å². The van der Waals surface area contributed by atoms with Crippen LogP contribution in [-0.2, 0) is 14.4 Å². The maximum Gasteiger partial charge on any atom is 0.323 e. The Hall–Kier alpha value is -1.59. The van der Waals surface area contributed by atoms with Crippen LogP contribution in [0, 0.1) is 11.8 Å². The molecular weight excluding hydrogens is 296 g/mol. The first-order valence-electron chi connectivity index (χ1n) is 8.72. The fourth-order valence-corrected chi connectivity index (χ4v) is 3.84. The Morgan fingerprint density at radius 1 is 1.04 bits per heavy atom. The van der Waals surface area contributed by atoms with E-state index in [1.807, 2.05) is 0 Å². The lowest BCUT2D eigenvalue weighted by Crippen LogP contribution is -2.42. The summed E-state index contributed by atoms with van der Waals surface area (Å²) >= 11 is 0. The number of hydrogen-bond donors (Lipinski definition) is 2. The molecule has 2 rings (SSSR count). The number of amides is 2. The molecule has 2 saturated carbocycles. The highest BCUT2D eigenvalue weighted by Gasteiger charge is 2.30. The third-order valence-corrected chi connectivity index (χ3v) is 5.14. The molecule has 0 heterocycles. The molecular formula is C17H28N2O4. The molecule has 23 heavy (non-hydrogen) atoms. The lowest BCUT2D eigenvalue weighted by molar-refractivity contribution is -0.145. The number of hydrogen-bond acceptors (Lipinski definition) is 3. The Kier molecular flexibility index (Phi) is 6.42. The number of carbonyl (C=O) groups excluding carboxylic acids is 2. The topological polar surface area (TPSA) is 86.7 Å². The molecule has 2 N–H and O–H groups in total. The molecule has 0 aliphatic heterocycles. The summed E-state index contributed by atoms with van der Waals surface area (Å²) in [6.45, 7) is -0.253. The van der Waals surface area contributed by atoms with Gasteiger partial charge in [0.2, 0.25) is 11.8 Å². The molecule has 6 heteroatoms. The smallest absolute Gasteiger partial charge is 0.323 e. The molecule has 2 aliphatic rings. The van der Waals surface area contributed by atoms with Crippen LogP contribution in [0.25, 0.3) is 0 Å². The summed E-state index contributed by atoms with van der Waals surface area (Å²) in [5.74, 6) is -0.494. The Bertz CT molecular complexity index is 438. The first kappa shape index (κ1) is 17.8. The van der Waals surface area contributed by atoms with E-state index in [0.717, 1.165) is 25.7 Å². The molecule has 0 aromatic heterocycles. The number of carbonyl (C=O) groups is 3. The number of aliphatic carboxylic acids is 1. The average molecular weight is 324 g/mol. The predicted octanol–water partition coefficient (Wildman–Crippen LogP) is 1.78. The number of nitrogens with one attached hydrogen (secondary N) is 1. The van der Waals surface area contributed by atoms with Crippen LogP contribution in [0.1, 0.15) is 57.8 Å². The fourth-order valence-electron chi connectivity index (χ4n) is 3.84. The number of nitrogens with zero attached hydrogens (tertiary/aromatic N) is 1. The minimum atomic E-state index is -0.992. The summed E-state index contributed by atoms with van der Waals surface area (Å²) in [7, 11) is 1.53. The SMILES string of the molecule is CN(CC(=O)O)C(=O)C1CCC(NC(=O)CC2CCCC2)CC1. The number of rotatable bonds is 6. The van der Waals surface area contributed by atoms with Gasteiger partial charge < -0.3 is 15.3 Å². The van der Waals surface area contributed by atoms with Gasteiger partial charge in [0, 0.05) is 25.4 Å². The van der Waals surface area contributed by atoms with Crippen LogP contribution in [0.3, 0.4) is 0 Å². The van der Waals surface area contributed by atoms with Crippen LogP contribution in [0.5, 0.6) is 0 Å². The Morgan fingerprint density at radius 2 is 1.65 bits per heavy atom. The van der Waals surface area contributed by atoms with Crippen molar-refractivity contribution in [3.8, 4) is 0 Å². The van der Waals surface area contributed by atoms with Gasteiger partial charge in [-0.3, -0.25) is 14.4 Å². The highest BCUT2D eigenvalue weighted by molar-refractivity contribution is 5.83. The van der Waals surface area contributed by atoms with Gasteiger partial charge in [-0.15, -0.1) is 0 Å². The Balaban J connectivity index is 1.69. The maximum atomic E-state index is 12.2. The molecule has 2 aliphatic carbocycles. The number of likely N-dealkylation sites (N-methyl/N-ethyl adjacent to an activating group) is 1. The van der Waals surface area contributed by atoms with Crippen molar-refractivity contribution in [3.05, 3.63) is 0 Å². The van der Waals surface area contributed by atoms with E-state index in [-0.39, 0.29) is 30.3 Å². The quantitative estimate of drug-likeness (QED) is 0.780. The van der Waals surface area contributed by atoms with Gasteiger partial charge in [-0.25, -0.2) is 0 Å². The second kappa shape index (κ2) is 8.31. The lowest BCUT2D eigenvalue weighted by atomic mass is 9.85. The van der Waals surface area contributed by atoms with Gasteiger partial charge in [0.15, 0.2) is 0 Å². The summed E-state index contributed by atoms with van der Waals surface area (Å²) < 4.78 is 0. The van der Waals surface area contributed by atoms with Gasteiger partial charge in [0.05, 0.1) is 0 Å². The van der Waals surface area contributed by atoms with E-state index >= 15 is 0 Å². The van der Waals surface area contributed by atoms with E-state index in [2.05, 4.69) is 5.32 Å². The molecule has 2 amide bonds. The summed E-state index contributed by atoms with van der Waals surface area (Å²) in [6.07, 6.45) is 8.51. The zero-order valence-corrected chi connectivity index (χ0v) is 13.9. The predicted molar refractivity (Wildman–Crippen MR) is 85.7 cm³/mol. The van der Waals surface area contributed by atoms with Crippen molar-refractivity contribution < 1.29 is 19.5 Å². The minimum absolute atomic E-state index is 0.0943. The van der Waals surface area contributed by atoms with Crippen LogP contribution >= 0.6 is 0 Å².